The van der Waals surface area contributed by atoms with Crippen LogP contribution in [0.2, 0.25) is 0 Å². The fourth-order valence-electron chi connectivity index (χ4n) is 2.12. The minimum atomic E-state index is -0.227. The van der Waals surface area contributed by atoms with Crippen molar-refractivity contribution in [1.29, 1.82) is 0 Å². The van der Waals surface area contributed by atoms with E-state index in [1.807, 2.05) is 6.92 Å². The molecule has 1 saturated heterocycles. The van der Waals surface area contributed by atoms with Gasteiger partial charge in [-0.05, 0) is 36.6 Å². The van der Waals surface area contributed by atoms with Crippen molar-refractivity contribution in [3.05, 3.63) is 35.1 Å². The first kappa shape index (κ1) is 10.6. The molecule has 1 aliphatic heterocycles. The van der Waals surface area contributed by atoms with Gasteiger partial charge in [-0.25, -0.2) is 4.39 Å². The van der Waals surface area contributed by atoms with Crippen molar-refractivity contribution < 1.29 is 14.2 Å². The molecule has 1 aliphatic rings. The first-order valence-corrected chi connectivity index (χ1v) is 5.21. The molecule has 0 saturated carbocycles. The van der Waals surface area contributed by atoms with Crippen molar-refractivity contribution in [2.24, 2.45) is 5.92 Å². The van der Waals surface area contributed by atoms with Crippen LogP contribution < -0.4 is 0 Å². The van der Waals surface area contributed by atoms with E-state index in [1.165, 1.54) is 12.1 Å². The molecule has 2 unspecified atom stereocenters. The van der Waals surface area contributed by atoms with Crippen molar-refractivity contribution >= 4 is 0 Å². The van der Waals surface area contributed by atoms with Gasteiger partial charge in [-0.3, -0.25) is 0 Å². The van der Waals surface area contributed by atoms with Crippen LogP contribution in [0.15, 0.2) is 18.2 Å². The van der Waals surface area contributed by atoms with Crippen molar-refractivity contribution in [3.63, 3.8) is 0 Å². The Morgan fingerprint density at radius 1 is 1.53 bits per heavy atom. The number of hydrogen-bond donors (Lipinski definition) is 1. The molecule has 0 aliphatic carbocycles. The van der Waals surface area contributed by atoms with E-state index in [0.717, 1.165) is 17.5 Å². The van der Waals surface area contributed by atoms with Gasteiger partial charge in [0.15, 0.2) is 0 Å². The summed E-state index contributed by atoms with van der Waals surface area (Å²) in [6.07, 6.45) is 0.799. The van der Waals surface area contributed by atoms with Crippen LogP contribution in [0.5, 0.6) is 0 Å². The monoisotopic (exact) mass is 210 g/mol. The first-order valence-electron chi connectivity index (χ1n) is 5.21. The highest BCUT2D eigenvalue weighted by Gasteiger charge is 2.29. The fourth-order valence-corrected chi connectivity index (χ4v) is 2.12. The number of benzene rings is 1. The maximum Gasteiger partial charge on any atom is 0.123 e. The van der Waals surface area contributed by atoms with Crippen LogP contribution in [0.3, 0.4) is 0 Å². The molecule has 1 aromatic rings. The predicted octanol–water partition coefficient (Wildman–Crippen LogP) is 2.20. The van der Waals surface area contributed by atoms with E-state index in [1.54, 1.807) is 6.07 Å². The van der Waals surface area contributed by atoms with Gasteiger partial charge in [0.1, 0.15) is 5.82 Å². The molecular weight excluding hydrogens is 195 g/mol. The van der Waals surface area contributed by atoms with Gasteiger partial charge in [0.2, 0.25) is 0 Å². The number of aryl methyl sites for hydroxylation is 1. The minimum absolute atomic E-state index is 0.0735. The summed E-state index contributed by atoms with van der Waals surface area (Å²) >= 11 is 0. The van der Waals surface area contributed by atoms with Gasteiger partial charge in [-0.1, -0.05) is 6.07 Å². The Morgan fingerprint density at radius 2 is 2.33 bits per heavy atom. The van der Waals surface area contributed by atoms with E-state index in [9.17, 15) is 9.50 Å². The highest BCUT2D eigenvalue weighted by molar-refractivity contribution is 5.29. The summed E-state index contributed by atoms with van der Waals surface area (Å²) < 4.78 is 18.5. The third-order valence-corrected chi connectivity index (χ3v) is 2.99. The molecule has 0 spiro atoms. The molecule has 2 rings (SSSR count). The molecule has 1 aromatic carbocycles. The number of aliphatic hydroxyl groups is 1. The van der Waals surface area contributed by atoms with E-state index in [0.29, 0.717) is 6.61 Å². The Morgan fingerprint density at radius 3 is 3.00 bits per heavy atom. The Balaban J connectivity index is 2.28. The molecule has 2 nitrogen and oxygen atoms in total. The lowest BCUT2D eigenvalue weighted by Crippen LogP contribution is -2.12. The van der Waals surface area contributed by atoms with Crippen LogP contribution in [0.1, 0.15) is 23.7 Å². The van der Waals surface area contributed by atoms with Gasteiger partial charge in [-0.2, -0.15) is 0 Å². The normalized spacial score (nSPS) is 25.8. The summed E-state index contributed by atoms with van der Waals surface area (Å²) in [6, 6.07) is 4.70. The molecule has 2 atom stereocenters. The van der Waals surface area contributed by atoms with Crippen molar-refractivity contribution in [1.82, 2.24) is 0 Å². The van der Waals surface area contributed by atoms with E-state index < -0.39 is 0 Å². The number of aliphatic hydroxyl groups excluding tert-OH is 1. The second-order valence-corrected chi connectivity index (χ2v) is 4.02. The molecule has 1 heterocycles. The van der Waals surface area contributed by atoms with Crippen LogP contribution in [-0.2, 0) is 4.74 Å². The van der Waals surface area contributed by atoms with Crippen molar-refractivity contribution in [2.75, 3.05) is 13.2 Å². The molecule has 0 radical (unpaired) electrons. The van der Waals surface area contributed by atoms with Crippen molar-refractivity contribution in [3.8, 4) is 0 Å². The predicted molar refractivity (Wildman–Crippen MR) is 55.0 cm³/mol. The standard InChI is InChI=1S/C12H15FO2/c1-8-6-10(13)2-3-11(8)12-9(7-14)4-5-15-12/h2-3,6,9,12,14H,4-5,7H2,1H3. The van der Waals surface area contributed by atoms with Crippen LogP contribution >= 0.6 is 0 Å². The Hall–Kier alpha value is -0.930. The van der Waals surface area contributed by atoms with Crippen molar-refractivity contribution in [2.45, 2.75) is 19.4 Å². The largest absolute Gasteiger partial charge is 0.396 e. The number of hydrogen-bond acceptors (Lipinski definition) is 2. The number of halogens is 1. The zero-order valence-electron chi connectivity index (χ0n) is 8.74. The minimum Gasteiger partial charge on any atom is -0.396 e. The van der Waals surface area contributed by atoms with Crippen LogP contribution in [0.25, 0.3) is 0 Å². The Labute approximate surface area is 88.7 Å². The topological polar surface area (TPSA) is 29.5 Å². The maximum absolute atomic E-state index is 12.9. The van der Waals surface area contributed by atoms with Gasteiger partial charge in [0, 0.05) is 19.1 Å². The van der Waals surface area contributed by atoms with Gasteiger partial charge in [0.05, 0.1) is 6.10 Å². The van der Waals surface area contributed by atoms with Gasteiger partial charge < -0.3 is 9.84 Å². The lowest BCUT2D eigenvalue weighted by atomic mass is 9.93. The zero-order valence-corrected chi connectivity index (χ0v) is 8.74. The fraction of sp³-hybridized carbons (Fsp3) is 0.500. The summed E-state index contributed by atoms with van der Waals surface area (Å²) in [6.45, 7) is 2.67. The summed E-state index contributed by atoms with van der Waals surface area (Å²) in [4.78, 5) is 0. The zero-order chi connectivity index (χ0) is 10.8. The lowest BCUT2D eigenvalue weighted by Gasteiger charge is -2.18. The van der Waals surface area contributed by atoms with Gasteiger partial charge in [-0.15, -0.1) is 0 Å². The molecular formula is C12H15FO2. The van der Waals surface area contributed by atoms with Gasteiger partial charge in [0.25, 0.3) is 0 Å². The highest BCUT2D eigenvalue weighted by Crippen LogP contribution is 2.35. The smallest absolute Gasteiger partial charge is 0.123 e. The molecule has 82 valence electrons. The quantitative estimate of drug-likeness (QED) is 0.810. The molecule has 0 amide bonds. The summed E-state index contributed by atoms with van der Waals surface area (Å²) in [5.41, 5.74) is 1.88. The average molecular weight is 210 g/mol. The van der Waals surface area contributed by atoms with E-state index in [-0.39, 0.29) is 24.4 Å². The molecule has 1 fully saturated rings. The molecule has 15 heavy (non-hydrogen) atoms. The first-order chi connectivity index (χ1) is 7.22. The highest BCUT2D eigenvalue weighted by atomic mass is 19.1. The third-order valence-electron chi connectivity index (χ3n) is 2.99. The lowest BCUT2D eigenvalue weighted by molar-refractivity contribution is 0.0715. The summed E-state index contributed by atoms with van der Waals surface area (Å²) in [5, 5.41) is 9.19. The molecule has 0 bridgehead atoms. The molecule has 3 heteroatoms. The Kier molecular flexibility index (Phi) is 3.03. The van der Waals surface area contributed by atoms with Gasteiger partial charge >= 0.3 is 0 Å². The number of ether oxygens (including phenoxy) is 1. The van der Waals surface area contributed by atoms with Crippen LogP contribution in [0, 0.1) is 18.7 Å². The third kappa shape index (κ3) is 2.03. The van der Waals surface area contributed by atoms with Crippen LogP contribution in [-0.4, -0.2) is 18.3 Å². The van der Waals surface area contributed by atoms with Crippen LogP contribution in [0.4, 0.5) is 4.39 Å². The van der Waals surface area contributed by atoms with E-state index in [4.69, 9.17) is 4.74 Å². The SMILES string of the molecule is Cc1cc(F)ccc1C1OCCC1CO. The van der Waals surface area contributed by atoms with E-state index >= 15 is 0 Å². The summed E-state index contributed by atoms with van der Waals surface area (Å²) in [5.74, 6) is -0.0797. The maximum atomic E-state index is 12.9. The molecule has 1 N–H and O–H groups in total. The van der Waals surface area contributed by atoms with E-state index in [2.05, 4.69) is 0 Å². The number of rotatable bonds is 2. The second-order valence-electron chi connectivity index (χ2n) is 4.02. The molecule has 0 aromatic heterocycles. The summed E-state index contributed by atoms with van der Waals surface area (Å²) in [7, 11) is 0. The average Bonchev–Trinajstić information content (AvgIpc) is 2.65. The second kappa shape index (κ2) is 4.29. The Bertz CT molecular complexity index is 351.